The molecule has 1 aliphatic carbocycles. The first-order chi connectivity index (χ1) is 9.72. The Kier molecular flexibility index (Phi) is 2.25. The van der Waals surface area contributed by atoms with Crippen LogP contribution in [0, 0.1) is 0 Å². The van der Waals surface area contributed by atoms with E-state index in [0.29, 0.717) is 6.04 Å². The Labute approximate surface area is 118 Å². The predicted molar refractivity (Wildman–Crippen MR) is 82.5 cm³/mol. The number of anilines is 1. The Morgan fingerprint density at radius 1 is 1.05 bits per heavy atom. The number of likely N-dealkylation sites (N-methyl/N-ethyl adjacent to an activating group) is 1. The lowest BCUT2D eigenvalue weighted by molar-refractivity contribution is 0.415. The summed E-state index contributed by atoms with van der Waals surface area (Å²) in [5.74, 6) is 0.923. The second-order valence-corrected chi connectivity index (χ2v) is 5.54. The zero-order chi connectivity index (χ0) is 13.9. The average molecular weight is 263 g/mol. The number of rotatable bonds is 1. The van der Waals surface area contributed by atoms with Crippen molar-refractivity contribution in [2.75, 3.05) is 19.1 Å². The van der Waals surface area contributed by atoms with Crippen LogP contribution < -0.4 is 20.1 Å². The second-order valence-electron chi connectivity index (χ2n) is 5.54. The van der Waals surface area contributed by atoms with E-state index in [-0.39, 0.29) is 0 Å². The molecule has 100 valence electrons. The first-order valence-corrected chi connectivity index (χ1v) is 6.93. The fourth-order valence-corrected chi connectivity index (χ4v) is 3.65. The van der Waals surface area contributed by atoms with E-state index in [1.165, 1.54) is 32.8 Å². The maximum Gasteiger partial charge on any atom is 0.119 e. The van der Waals surface area contributed by atoms with Crippen molar-refractivity contribution < 1.29 is 4.74 Å². The van der Waals surface area contributed by atoms with E-state index in [0.717, 1.165) is 5.75 Å². The molecule has 2 aromatic rings. The molecule has 0 saturated carbocycles. The predicted octanol–water partition coefficient (Wildman–Crippen LogP) is 1.90. The van der Waals surface area contributed by atoms with Crippen LogP contribution in [-0.4, -0.2) is 20.2 Å². The minimum Gasteiger partial charge on any atom is -0.497 e. The summed E-state index contributed by atoms with van der Waals surface area (Å²) in [6, 6.07) is 15.4. The van der Waals surface area contributed by atoms with Crippen LogP contribution in [0.2, 0.25) is 0 Å². The van der Waals surface area contributed by atoms with Gasteiger partial charge in [0, 0.05) is 18.3 Å². The van der Waals surface area contributed by atoms with E-state index < -0.39 is 0 Å². The fraction of sp³-hybridized carbons (Fsp3) is 0.222. The summed E-state index contributed by atoms with van der Waals surface area (Å²) >= 11 is 0. The smallest absolute Gasteiger partial charge is 0.119 e. The Morgan fingerprint density at radius 2 is 1.80 bits per heavy atom. The number of benzene rings is 2. The summed E-state index contributed by atoms with van der Waals surface area (Å²) < 4.78 is 5.40. The monoisotopic (exact) mass is 263 g/mol. The molecule has 4 rings (SSSR count). The first-order valence-electron chi connectivity index (χ1n) is 6.93. The molecule has 2 heteroatoms. The van der Waals surface area contributed by atoms with Crippen molar-refractivity contribution in [1.82, 2.24) is 0 Å². The summed E-state index contributed by atoms with van der Waals surface area (Å²) in [6.45, 7) is 2.25. The Balaban J connectivity index is 2.12. The number of hydrogen-bond acceptors (Lipinski definition) is 2. The Hall–Kier alpha value is -2.22. The number of methoxy groups -OCH3 is 1. The number of fused-ring (bicyclic) bond motifs is 4. The number of ether oxygens (including phenoxy) is 1. The van der Waals surface area contributed by atoms with Crippen molar-refractivity contribution in [3.05, 3.63) is 58.5 Å². The van der Waals surface area contributed by atoms with Crippen LogP contribution >= 0.6 is 0 Å². The summed E-state index contributed by atoms with van der Waals surface area (Å²) in [7, 11) is 3.90. The van der Waals surface area contributed by atoms with E-state index >= 15 is 0 Å². The zero-order valence-corrected chi connectivity index (χ0v) is 12.0. The van der Waals surface area contributed by atoms with Crippen molar-refractivity contribution >= 4 is 16.8 Å². The second kappa shape index (κ2) is 3.89. The fourth-order valence-electron chi connectivity index (χ4n) is 3.65. The van der Waals surface area contributed by atoms with Gasteiger partial charge in [0.2, 0.25) is 0 Å². The quantitative estimate of drug-likeness (QED) is 0.779. The Morgan fingerprint density at radius 3 is 2.55 bits per heavy atom. The lowest BCUT2D eigenvalue weighted by Crippen LogP contribution is -2.27. The topological polar surface area (TPSA) is 12.5 Å². The molecule has 0 N–H and O–H groups in total. The highest BCUT2D eigenvalue weighted by Crippen LogP contribution is 2.43. The van der Waals surface area contributed by atoms with Gasteiger partial charge in [-0.3, -0.25) is 0 Å². The molecule has 2 aliphatic rings. The molecule has 0 amide bonds. The van der Waals surface area contributed by atoms with Crippen LogP contribution in [0.4, 0.5) is 5.69 Å². The average Bonchev–Trinajstić information content (AvgIpc) is 2.95. The molecule has 0 bridgehead atoms. The molecule has 1 atom stereocenters. The van der Waals surface area contributed by atoms with Crippen LogP contribution in [0.3, 0.4) is 0 Å². The van der Waals surface area contributed by atoms with Crippen LogP contribution in [0.25, 0.3) is 11.1 Å². The van der Waals surface area contributed by atoms with Crippen LogP contribution in [0.15, 0.2) is 42.5 Å². The number of nitrogens with zero attached hydrogens (tertiary/aromatic N) is 1. The van der Waals surface area contributed by atoms with E-state index in [1.807, 2.05) is 6.07 Å². The van der Waals surface area contributed by atoms with Gasteiger partial charge >= 0.3 is 0 Å². The van der Waals surface area contributed by atoms with Crippen LogP contribution in [0.5, 0.6) is 5.75 Å². The van der Waals surface area contributed by atoms with Crippen molar-refractivity contribution in [2.45, 2.75) is 13.0 Å². The van der Waals surface area contributed by atoms with Crippen molar-refractivity contribution in [1.29, 1.82) is 0 Å². The SMILES string of the molecule is COc1ccc2c(c1)C1=c3ccccc3=C(C)C1N2C. The van der Waals surface area contributed by atoms with Gasteiger partial charge in [-0.1, -0.05) is 24.3 Å². The highest BCUT2D eigenvalue weighted by molar-refractivity contribution is 5.96. The van der Waals surface area contributed by atoms with Gasteiger partial charge in [-0.2, -0.15) is 0 Å². The minimum absolute atomic E-state index is 0.370. The van der Waals surface area contributed by atoms with Gasteiger partial charge in [0.25, 0.3) is 0 Å². The van der Waals surface area contributed by atoms with Crippen molar-refractivity contribution in [3.63, 3.8) is 0 Å². The third-order valence-corrected chi connectivity index (χ3v) is 4.59. The largest absolute Gasteiger partial charge is 0.497 e. The molecule has 1 aliphatic heterocycles. The summed E-state index contributed by atoms with van der Waals surface area (Å²) in [5.41, 5.74) is 5.46. The third kappa shape index (κ3) is 1.29. The maximum absolute atomic E-state index is 5.40. The summed E-state index contributed by atoms with van der Waals surface area (Å²) in [6.07, 6.45) is 0. The minimum atomic E-state index is 0.370. The van der Waals surface area contributed by atoms with Gasteiger partial charge in [-0.15, -0.1) is 0 Å². The van der Waals surface area contributed by atoms with Crippen LogP contribution in [0.1, 0.15) is 12.5 Å². The maximum atomic E-state index is 5.40. The molecule has 0 fully saturated rings. The van der Waals surface area contributed by atoms with Gasteiger partial charge in [0.15, 0.2) is 0 Å². The highest BCUT2D eigenvalue weighted by Gasteiger charge is 2.36. The van der Waals surface area contributed by atoms with Gasteiger partial charge in [-0.05, 0) is 46.7 Å². The molecule has 1 unspecified atom stereocenters. The molecular weight excluding hydrogens is 246 g/mol. The normalized spacial score (nSPS) is 18.9. The highest BCUT2D eigenvalue weighted by atomic mass is 16.5. The summed E-state index contributed by atoms with van der Waals surface area (Å²) in [5, 5.41) is 2.75. The van der Waals surface area contributed by atoms with Gasteiger partial charge in [0.1, 0.15) is 5.75 Å². The van der Waals surface area contributed by atoms with E-state index in [1.54, 1.807) is 7.11 Å². The van der Waals surface area contributed by atoms with Gasteiger partial charge in [-0.25, -0.2) is 0 Å². The lowest BCUT2D eigenvalue weighted by Gasteiger charge is -2.22. The third-order valence-electron chi connectivity index (χ3n) is 4.59. The summed E-state index contributed by atoms with van der Waals surface area (Å²) in [4.78, 5) is 2.37. The van der Waals surface area contributed by atoms with E-state index in [4.69, 9.17) is 4.74 Å². The number of hydrogen-bond donors (Lipinski definition) is 0. The molecule has 0 spiro atoms. The zero-order valence-electron chi connectivity index (χ0n) is 12.0. The standard InChI is InChI=1S/C18H17NO/c1-11-13-6-4-5-7-14(13)17-15-10-12(20-3)8-9-16(15)19(2)18(11)17/h4-10,18H,1-3H3. The van der Waals surface area contributed by atoms with Crippen LogP contribution in [-0.2, 0) is 0 Å². The van der Waals surface area contributed by atoms with Gasteiger partial charge in [0.05, 0.1) is 13.2 Å². The molecule has 1 heterocycles. The molecule has 0 aromatic heterocycles. The Bertz CT molecular complexity index is 835. The van der Waals surface area contributed by atoms with Crippen molar-refractivity contribution in [2.24, 2.45) is 0 Å². The molecule has 0 radical (unpaired) electrons. The molecule has 0 saturated heterocycles. The molecule has 2 aromatic carbocycles. The van der Waals surface area contributed by atoms with E-state index in [9.17, 15) is 0 Å². The van der Waals surface area contributed by atoms with Crippen molar-refractivity contribution in [3.8, 4) is 5.75 Å². The van der Waals surface area contributed by atoms with E-state index in [2.05, 4.69) is 55.3 Å². The molecule has 2 nitrogen and oxygen atoms in total. The van der Waals surface area contributed by atoms with Gasteiger partial charge < -0.3 is 9.64 Å². The molecule has 20 heavy (non-hydrogen) atoms. The molecular formula is C18H17NO. The first kappa shape index (κ1) is 11.6. The lowest BCUT2D eigenvalue weighted by atomic mass is 10.0.